The third-order valence-electron chi connectivity index (χ3n) is 3.97. The molecule has 110 valence electrons. The van der Waals surface area contributed by atoms with E-state index in [0.29, 0.717) is 18.3 Å². The van der Waals surface area contributed by atoms with Crippen LogP contribution in [0.2, 0.25) is 5.02 Å². The maximum absolute atomic E-state index is 12.0. The molecular weight excluding hydrogens is 272 g/mol. The first kappa shape index (κ1) is 15.3. The van der Waals surface area contributed by atoms with E-state index in [1.807, 2.05) is 31.2 Å². The number of carbonyl (C=O) groups is 1. The molecular formula is C16H23ClN2O. The van der Waals surface area contributed by atoms with Crippen molar-refractivity contribution < 1.29 is 4.79 Å². The monoisotopic (exact) mass is 294 g/mol. The van der Waals surface area contributed by atoms with E-state index in [0.717, 1.165) is 17.0 Å². The molecule has 0 aliphatic heterocycles. The number of amides is 1. The van der Waals surface area contributed by atoms with Gasteiger partial charge in [0, 0.05) is 17.5 Å². The highest BCUT2D eigenvalue weighted by Crippen LogP contribution is 2.47. The third kappa shape index (κ3) is 4.22. The van der Waals surface area contributed by atoms with E-state index in [9.17, 15) is 4.79 Å². The molecule has 3 nitrogen and oxygen atoms in total. The third-order valence-corrected chi connectivity index (χ3v) is 4.22. The fourth-order valence-corrected chi connectivity index (χ4v) is 2.65. The maximum atomic E-state index is 12.0. The Hall–Kier alpha value is -1.06. The van der Waals surface area contributed by atoms with Crippen LogP contribution in [0.15, 0.2) is 24.3 Å². The van der Waals surface area contributed by atoms with Crippen LogP contribution in [0.1, 0.15) is 44.7 Å². The zero-order chi connectivity index (χ0) is 14.7. The summed E-state index contributed by atoms with van der Waals surface area (Å²) in [5.74, 6) is 1.29. The van der Waals surface area contributed by atoms with Crippen molar-refractivity contribution in [3.8, 4) is 0 Å². The first-order valence-corrected chi connectivity index (χ1v) is 7.65. The van der Waals surface area contributed by atoms with Crippen molar-refractivity contribution in [2.24, 2.45) is 17.6 Å². The second kappa shape index (κ2) is 6.59. The highest BCUT2D eigenvalue weighted by molar-refractivity contribution is 6.30. The fraction of sp³-hybridized carbons (Fsp3) is 0.562. The molecule has 0 bridgehead atoms. The number of carbonyl (C=O) groups excluding carboxylic acids is 1. The molecule has 0 radical (unpaired) electrons. The second-order valence-electron chi connectivity index (χ2n) is 5.99. The molecule has 1 saturated carbocycles. The molecule has 1 fully saturated rings. The van der Waals surface area contributed by atoms with Gasteiger partial charge in [-0.15, -0.1) is 0 Å². The minimum atomic E-state index is 0.0644. The number of halogens is 1. The molecule has 0 saturated heterocycles. The Morgan fingerprint density at radius 1 is 1.45 bits per heavy atom. The summed E-state index contributed by atoms with van der Waals surface area (Å²) in [4.78, 5) is 12.0. The fourth-order valence-electron chi connectivity index (χ4n) is 2.53. The van der Waals surface area contributed by atoms with Crippen LogP contribution in [0.3, 0.4) is 0 Å². The van der Waals surface area contributed by atoms with Crippen LogP contribution in [-0.4, -0.2) is 11.9 Å². The SMILES string of the molecule is CC(N)CCC(=O)NC(c1ccc(Cl)cc1)C1CC1C. The van der Waals surface area contributed by atoms with E-state index in [1.165, 1.54) is 6.42 Å². The van der Waals surface area contributed by atoms with Gasteiger partial charge in [-0.3, -0.25) is 4.79 Å². The predicted molar refractivity (Wildman–Crippen MR) is 82.5 cm³/mol. The Kier molecular flexibility index (Phi) is 5.06. The minimum absolute atomic E-state index is 0.0644. The Bertz CT molecular complexity index is 458. The smallest absolute Gasteiger partial charge is 0.220 e. The molecule has 0 heterocycles. The van der Waals surface area contributed by atoms with Gasteiger partial charge in [-0.2, -0.15) is 0 Å². The van der Waals surface area contributed by atoms with E-state index >= 15 is 0 Å². The van der Waals surface area contributed by atoms with Gasteiger partial charge in [0.25, 0.3) is 0 Å². The number of nitrogens with one attached hydrogen (secondary N) is 1. The van der Waals surface area contributed by atoms with E-state index in [4.69, 9.17) is 17.3 Å². The molecule has 0 aromatic heterocycles. The molecule has 3 N–H and O–H groups in total. The largest absolute Gasteiger partial charge is 0.349 e. The number of hydrogen-bond donors (Lipinski definition) is 2. The van der Waals surface area contributed by atoms with Gasteiger partial charge in [0.2, 0.25) is 5.91 Å². The quantitative estimate of drug-likeness (QED) is 0.846. The van der Waals surface area contributed by atoms with Crippen LogP contribution < -0.4 is 11.1 Å². The average molecular weight is 295 g/mol. The highest BCUT2D eigenvalue weighted by atomic mass is 35.5. The van der Waals surface area contributed by atoms with Crippen molar-refractivity contribution in [1.29, 1.82) is 0 Å². The molecule has 2 rings (SSSR count). The van der Waals surface area contributed by atoms with Gasteiger partial charge >= 0.3 is 0 Å². The molecule has 0 spiro atoms. The Balaban J connectivity index is 2.01. The Labute approximate surface area is 125 Å². The topological polar surface area (TPSA) is 55.1 Å². The molecule has 4 unspecified atom stereocenters. The maximum Gasteiger partial charge on any atom is 0.220 e. The van der Waals surface area contributed by atoms with E-state index in [-0.39, 0.29) is 18.0 Å². The standard InChI is InChI=1S/C16H23ClN2O/c1-10-9-14(10)16(12-4-6-13(17)7-5-12)19-15(20)8-3-11(2)18/h4-7,10-11,14,16H,3,8-9,18H2,1-2H3,(H,19,20). The van der Waals surface area contributed by atoms with Gasteiger partial charge in [0.1, 0.15) is 0 Å². The van der Waals surface area contributed by atoms with Gasteiger partial charge < -0.3 is 11.1 Å². The zero-order valence-electron chi connectivity index (χ0n) is 12.1. The van der Waals surface area contributed by atoms with E-state index < -0.39 is 0 Å². The van der Waals surface area contributed by atoms with Crippen LogP contribution in [0.4, 0.5) is 0 Å². The van der Waals surface area contributed by atoms with Crippen LogP contribution >= 0.6 is 11.6 Å². The molecule has 1 aromatic carbocycles. The average Bonchev–Trinajstić information content (AvgIpc) is 3.11. The van der Waals surface area contributed by atoms with Gasteiger partial charge in [-0.1, -0.05) is 30.7 Å². The lowest BCUT2D eigenvalue weighted by Crippen LogP contribution is -2.31. The van der Waals surface area contributed by atoms with Gasteiger partial charge in [-0.25, -0.2) is 0 Å². The van der Waals surface area contributed by atoms with Crippen LogP contribution in [-0.2, 0) is 4.79 Å². The zero-order valence-corrected chi connectivity index (χ0v) is 12.9. The first-order chi connectivity index (χ1) is 9.47. The highest BCUT2D eigenvalue weighted by Gasteiger charge is 2.40. The van der Waals surface area contributed by atoms with Gasteiger partial charge in [0.15, 0.2) is 0 Å². The van der Waals surface area contributed by atoms with E-state index in [1.54, 1.807) is 0 Å². The van der Waals surface area contributed by atoms with Crippen LogP contribution in [0.25, 0.3) is 0 Å². The van der Waals surface area contributed by atoms with Crippen molar-refractivity contribution in [1.82, 2.24) is 5.32 Å². The summed E-state index contributed by atoms with van der Waals surface area (Å²) in [6.07, 6.45) is 2.38. The molecule has 1 aromatic rings. The number of hydrogen-bond acceptors (Lipinski definition) is 2. The number of nitrogens with two attached hydrogens (primary N) is 1. The van der Waals surface area contributed by atoms with Gasteiger partial charge in [-0.05, 0) is 49.3 Å². The lowest BCUT2D eigenvalue weighted by Gasteiger charge is -2.20. The summed E-state index contributed by atoms with van der Waals surface area (Å²) in [5, 5.41) is 3.88. The van der Waals surface area contributed by atoms with Crippen molar-refractivity contribution >= 4 is 17.5 Å². The number of rotatable bonds is 6. The lowest BCUT2D eigenvalue weighted by molar-refractivity contribution is -0.122. The lowest BCUT2D eigenvalue weighted by atomic mass is 10.0. The van der Waals surface area contributed by atoms with Gasteiger partial charge in [0.05, 0.1) is 6.04 Å². The van der Waals surface area contributed by atoms with Crippen LogP contribution in [0.5, 0.6) is 0 Å². The first-order valence-electron chi connectivity index (χ1n) is 7.27. The summed E-state index contributed by atoms with van der Waals surface area (Å²) in [7, 11) is 0. The molecule has 4 atom stereocenters. The Morgan fingerprint density at radius 3 is 2.55 bits per heavy atom. The summed E-state index contributed by atoms with van der Waals surface area (Å²) < 4.78 is 0. The minimum Gasteiger partial charge on any atom is -0.349 e. The van der Waals surface area contributed by atoms with E-state index in [2.05, 4.69) is 12.2 Å². The molecule has 1 amide bonds. The van der Waals surface area contributed by atoms with Crippen molar-refractivity contribution in [2.75, 3.05) is 0 Å². The van der Waals surface area contributed by atoms with Crippen molar-refractivity contribution in [3.63, 3.8) is 0 Å². The van der Waals surface area contributed by atoms with Crippen molar-refractivity contribution in [3.05, 3.63) is 34.9 Å². The second-order valence-corrected chi connectivity index (χ2v) is 6.43. The molecule has 20 heavy (non-hydrogen) atoms. The summed E-state index contributed by atoms with van der Waals surface area (Å²) in [6.45, 7) is 4.15. The molecule has 1 aliphatic rings. The molecule has 4 heteroatoms. The summed E-state index contributed by atoms with van der Waals surface area (Å²) >= 11 is 5.93. The summed E-state index contributed by atoms with van der Waals surface area (Å²) in [5.41, 5.74) is 6.84. The number of benzene rings is 1. The van der Waals surface area contributed by atoms with Crippen LogP contribution in [0, 0.1) is 11.8 Å². The summed E-state index contributed by atoms with van der Waals surface area (Å²) in [6, 6.07) is 7.93. The molecule has 1 aliphatic carbocycles. The normalized spacial score (nSPS) is 24.0. The Morgan fingerprint density at radius 2 is 2.05 bits per heavy atom. The van der Waals surface area contributed by atoms with Crippen molar-refractivity contribution in [2.45, 2.75) is 45.2 Å². The predicted octanol–water partition coefficient (Wildman–Crippen LogP) is 3.28.